The molecule has 0 aliphatic rings. The summed E-state index contributed by atoms with van der Waals surface area (Å²) in [7, 11) is 0. The molecular formula is C13H21NO3. The second kappa shape index (κ2) is 7.12. The van der Waals surface area contributed by atoms with E-state index in [1.165, 1.54) is 0 Å². The maximum absolute atomic E-state index is 11.7. The zero-order chi connectivity index (χ0) is 12.7. The van der Waals surface area contributed by atoms with Gasteiger partial charge in [0.05, 0.1) is 18.9 Å². The molecule has 1 unspecified atom stereocenters. The number of nitrogens with one attached hydrogen (secondary N) is 1. The van der Waals surface area contributed by atoms with E-state index in [0.29, 0.717) is 6.61 Å². The Morgan fingerprint density at radius 2 is 2.29 bits per heavy atom. The molecule has 0 spiro atoms. The van der Waals surface area contributed by atoms with Crippen LogP contribution >= 0.6 is 0 Å². The number of ether oxygens (including phenoxy) is 1. The summed E-state index contributed by atoms with van der Waals surface area (Å²) in [5, 5.41) is 3.24. The molecule has 1 heterocycles. The molecule has 4 nitrogen and oxygen atoms in total. The third-order valence-electron chi connectivity index (χ3n) is 2.57. The van der Waals surface area contributed by atoms with Crippen molar-refractivity contribution in [2.45, 2.75) is 45.7 Å². The van der Waals surface area contributed by atoms with Crippen LogP contribution in [0.4, 0.5) is 0 Å². The highest BCUT2D eigenvalue weighted by molar-refractivity contribution is 5.75. The number of furan rings is 1. The molecule has 0 amide bonds. The van der Waals surface area contributed by atoms with Gasteiger partial charge in [-0.25, -0.2) is 0 Å². The quantitative estimate of drug-likeness (QED) is 0.743. The molecule has 0 aromatic carbocycles. The van der Waals surface area contributed by atoms with Gasteiger partial charge in [0.1, 0.15) is 11.8 Å². The van der Waals surface area contributed by atoms with Crippen LogP contribution in [0, 0.1) is 0 Å². The van der Waals surface area contributed by atoms with Crippen LogP contribution in [0.25, 0.3) is 0 Å². The van der Waals surface area contributed by atoms with Crippen LogP contribution in [-0.2, 0) is 9.53 Å². The maximum Gasteiger partial charge on any atom is 0.323 e. The van der Waals surface area contributed by atoms with Gasteiger partial charge in [0, 0.05) is 0 Å². The molecule has 1 rings (SSSR count). The van der Waals surface area contributed by atoms with Crippen molar-refractivity contribution in [3.05, 3.63) is 24.2 Å². The number of hydrogen-bond acceptors (Lipinski definition) is 4. The first-order valence-corrected chi connectivity index (χ1v) is 6.15. The van der Waals surface area contributed by atoms with Crippen molar-refractivity contribution in [3.8, 4) is 0 Å². The third kappa shape index (κ3) is 4.23. The van der Waals surface area contributed by atoms with Crippen molar-refractivity contribution in [2.24, 2.45) is 0 Å². The summed E-state index contributed by atoms with van der Waals surface area (Å²) in [4.78, 5) is 11.7. The normalized spacial score (nSPS) is 14.3. The maximum atomic E-state index is 11.7. The van der Waals surface area contributed by atoms with Crippen molar-refractivity contribution in [3.63, 3.8) is 0 Å². The van der Waals surface area contributed by atoms with Crippen LogP contribution in [-0.4, -0.2) is 18.6 Å². The van der Waals surface area contributed by atoms with Gasteiger partial charge in [-0.15, -0.1) is 0 Å². The predicted octanol–water partition coefficient (Wildman–Crippen LogP) is 2.66. The molecule has 1 aromatic heterocycles. The molecule has 0 saturated carbocycles. The zero-order valence-corrected chi connectivity index (χ0v) is 10.7. The zero-order valence-electron chi connectivity index (χ0n) is 10.7. The average Bonchev–Trinajstić information content (AvgIpc) is 2.82. The fraction of sp³-hybridized carbons (Fsp3) is 0.615. The van der Waals surface area contributed by atoms with Gasteiger partial charge in [-0.05, 0) is 32.4 Å². The first-order valence-electron chi connectivity index (χ1n) is 6.15. The van der Waals surface area contributed by atoms with Crippen LogP contribution in [0.1, 0.15) is 45.4 Å². The first-order chi connectivity index (χ1) is 8.19. The monoisotopic (exact) mass is 239 g/mol. The molecule has 1 N–H and O–H groups in total. The number of rotatable bonds is 7. The highest BCUT2D eigenvalue weighted by Crippen LogP contribution is 2.14. The van der Waals surface area contributed by atoms with Crippen LogP contribution in [0.5, 0.6) is 0 Å². The third-order valence-corrected chi connectivity index (χ3v) is 2.57. The molecule has 1 aromatic rings. The highest BCUT2D eigenvalue weighted by Gasteiger charge is 2.22. The van der Waals surface area contributed by atoms with Crippen LogP contribution in [0.2, 0.25) is 0 Å². The van der Waals surface area contributed by atoms with Gasteiger partial charge < -0.3 is 9.15 Å². The number of carbonyl (C=O) groups excluding carboxylic acids is 1. The van der Waals surface area contributed by atoms with E-state index >= 15 is 0 Å². The molecule has 0 radical (unpaired) electrons. The molecular weight excluding hydrogens is 218 g/mol. The summed E-state index contributed by atoms with van der Waals surface area (Å²) in [5.74, 6) is 0.642. The SMILES string of the molecule is CCCC(N[C@H](C)c1ccco1)C(=O)OCC. The average molecular weight is 239 g/mol. The highest BCUT2D eigenvalue weighted by atomic mass is 16.5. The molecule has 0 fully saturated rings. The van der Waals surface area contributed by atoms with Gasteiger partial charge in [-0.1, -0.05) is 13.3 Å². The van der Waals surface area contributed by atoms with Crippen LogP contribution < -0.4 is 5.32 Å². The van der Waals surface area contributed by atoms with E-state index in [4.69, 9.17) is 9.15 Å². The van der Waals surface area contributed by atoms with Crippen molar-refractivity contribution in [2.75, 3.05) is 6.61 Å². The standard InChI is InChI=1S/C13H21NO3/c1-4-7-11(13(15)16-5-2)14-10(3)12-8-6-9-17-12/h6,8-11,14H,4-5,7H2,1-3H3/t10-,11?/m1/s1. The summed E-state index contributed by atoms with van der Waals surface area (Å²) in [5.41, 5.74) is 0. The minimum absolute atomic E-state index is 0.00551. The van der Waals surface area contributed by atoms with Gasteiger partial charge in [0.25, 0.3) is 0 Å². The minimum Gasteiger partial charge on any atom is -0.468 e. The summed E-state index contributed by atoms with van der Waals surface area (Å²) in [6.45, 7) is 6.25. The molecule has 0 aliphatic carbocycles. The number of hydrogen-bond donors (Lipinski definition) is 1. The van der Waals surface area contributed by atoms with Gasteiger partial charge in [0.2, 0.25) is 0 Å². The Hall–Kier alpha value is -1.29. The number of carbonyl (C=O) groups is 1. The molecule has 0 saturated heterocycles. The predicted molar refractivity (Wildman–Crippen MR) is 65.6 cm³/mol. The van der Waals surface area contributed by atoms with E-state index in [1.54, 1.807) is 6.26 Å². The Labute approximate surface area is 102 Å². The van der Waals surface area contributed by atoms with E-state index in [1.807, 2.05) is 32.9 Å². The van der Waals surface area contributed by atoms with Crippen LogP contribution in [0.3, 0.4) is 0 Å². The van der Waals surface area contributed by atoms with Crippen molar-refractivity contribution >= 4 is 5.97 Å². The largest absolute Gasteiger partial charge is 0.468 e. The Bertz CT molecular complexity index is 321. The van der Waals surface area contributed by atoms with Crippen LogP contribution in [0.15, 0.2) is 22.8 Å². The Morgan fingerprint density at radius 3 is 2.82 bits per heavy atom. The second-order valence-electron chi connectivity index (χ2n) is 4.00. The molecule has 96 valence electrons. The molecule has 4 heteroatoms. The smallest absolute Gasteiger partial charge is 0.323 e. The van der Waals surface area contributed by atoms with E-state index < -0.39 is 0 Å². The summed E-state index contributed by atoms with van der Waals surface area (Å²) >= 11 is 0. The lowest BCUT2D eigenvalue weighted by molar-refractivity contribution is -0.146. The van der Waals surface area contributed by atoms with Gasteiger partial charge >= 0.3 is 5.97 Å². The van der Waals surface area contributed by atoms with Gasteiger partial charge in [-0.3, -0.25) is 10.1 Å². The Morgan fingerprint density at radius 1 is 1.53 bits per heavy atom. The second-order valence-corrected chi connectivity index (χ2v) is 4.00. The van der Waals surface area contributed by atoms with Crippen molar-refractivity contribution in [1.29, 1.82) is 0 Å². The topological polar surface area (TPSA) is 51.5 Å². The van der Waals surface area contributed by atoms with Crippen molar-refractivity contribution in [1.82, 2.24) is 5.32 Å². The lowest BCUT2D eigenvalue weighted by Crippen LogP contribution is -2.39. The molecule has 17 heavy (non-hydrogen) atoms. The summed E-state index contributed by atoms with van der Waals surface area (Å²) in [6.07, 6.45) is 3.33. The molecule has 0 bridgehead atoms. The van der Waals surface area contributed by atoms with E-state index in [0.717, 1.165) is 18.6 Å². The van der Waals surface area contributed by atoms with Gasteiger partial charge in [0.15, 0.2) is 0 Å². The lowest BCUT2D eigenvalue weighted by Gasteiger charge is -2.20. The molecule has 2 atom stereocenters. The van der Waals surface area contributed by atoms with E-state index in [-0.39, 0.29) is 18.1 Å². The van der Waals surface area contributed by atoms with E-state index in [9.17, 15) is 4.79 Å². The summed E-state index contributed by atoms with van der Waals surface area (Å²) in [6, 6.07) is 3.48. The first kappa shape index (κ1) is 13.8. The fourth-order valence-electron chi connectivity index (χ4n) is 1.72. The fourth-order valence-corrected chi connectivity index (χ4v) is 1.72. The minimum atomic E-state index is -0.264. The Kier molecular flexibility index (Phi) is 5.77. The Balaban J connectivity index is 2.56. The number of esters is 1. The van der Waals surface area contributed by atoms with Gasteiger partial charge in [-0.2, -0.15) is 0 Å². The van der Waals surface area contributed by atoms with Crippen molar-refractivity contribution < 1.29 is 13.9 Å². The lowest BCUT2D eigenvalue weighted by atomic mass is 10.1. The molecule has 0 aliphatic heterocycles. The van der Waals surface area contributed by atoms with E-state index in [2.05, 4.69) is 5.32 Å². The summed E-state index contributed by atoms with van der Waals surface area (Å²) < 4.78 is 10.3.